The van der Waals surface area contributed by atoms with E-state index < -0.39 is 0 Å². The molecule has 0 heterocycles. The Morgan fingerprint density at radius 1 is 1.33 bits per heavy atom. The first-order valence-electron chi connectivity index (χ1n) is 6.43. The molecule has 3 heteroatoms. The molecular weight excluding hydrogens is 226 g/mol. The van der Waals surface area contributed by atoms with Crippen LogP contribution >= 0.6 is 0 Å². The molecule has 3 nitrogen and oxygen atoms in total. The van der Waals surface area contributed by atoms with Crippen molar-refractivity contribution in [3.63, 3.8) is 0 Å². The van der Waals surface area contributed by atoms with Crippen molar-refractivity contribution < 1.29 is 9.90 Å². The predicted octanol–water partition coefficient (Wildman–Crippen LogP) is 2.44. The van der Waals surface area contributed by atoms with Gasteiger partial charge >= 0.3 is 0 Å². The standard InChI is InChI=1S/C15H23NO2/c1-10-5-6-12(3)14(8-10)15(18)16-9-11(2)7-13(4)17/h5-6,8,11,13,17H,7,9H2,1-4H3,(H,16,18). The molecule has 0 aliphatic heterocycles. The van der Waals surface area contributed by atoms with Crippen LogP contribution in [0.4, 0.5) is 0 Å². The Bertz CT molecular complexity index is 413. The zero-order valence-corrected chi connectivity index (χ0v) is 11.7. The summed E-state index contributed by atoms with van der Waals surface area (Å²) >= 11 is 0. The molecule has 18 heavy (non-hydrogen) atoms. The number of aryl methyl sites for hydroxylation is 2. The second-order valence-corrected chi connectivity index (χ2v) is 5.22. The summed E-state index contributed by atoms with van der Waals surface area (Å²) in [6, 6.07) is 5.87. The molecule has 2 N–H and O–H groups in total. The van der Waals surface area contributed by atoms with Crippen molar-refractivity contribution in [3.8, 4) is 0 Å². The predicted molar refractivity (Wildman–Crippen MR) is 73.7 cm³/mol. The summed E-state index contributed by atoms with van der Waals surface area (Å²) in [6.45, 7) is 8.30. The van der Waals surface area contributed by atoms with Gasteiger partial charge < -0.3 is 10.4 Å². The summed E-state index contributed by atoms with van der Waals surface area (Å²) < 4.78 is 0. The first kappa shape index (κ1) is 14.7. The largest absolute Gasteiger partial charge is 0.393 e. The van der Waals surface area contributed by atoms with Gasteiger partial charge in [-0.25, -0.2) is 0 Å². The van der Waals surface area contributed by atoms with Gasteiger partial charge in [-0.05, 0) is 44.7 Å². The van der Waals surface area contributed by atoms with E-state index in [1.807, 2.05) is 39.0 Å². The summed E-state index contributed by atoms with van der Waals surface area (Å²) in [4.78, 5) is 12.0. The normalized spacial score (nSPS) is 14.1. The van der Waals surface area contributed by atoms with Crippen LogP contribution in [0.5, 0.6) is 0 Å². The van der Waals surface area contributed by atoms with Crippen molar-refractivity contribution in [2.75, 3.05) is 6.54 Å². The fourth-order valence-electron chi connectivity index (χ4n) is 2.01. The highest BCUT2D eigenvalue weighted by atomic mass is 16.3. The van der Waals surface area contributed by atoms with Gasteiger partial charge in [-0.3, -0.25) is 4.79 Å². The number of benzene rings is 1. The molecule has 0 aliphatic rings. The van der Waals surface area contributed by atoms with E-state index >= 15 is 0 Å². The number of rotatable bonds is 5. The van der Waals surface area contributed by atoms with Crippen molar-refractivity contribution in [2.45, 2.75) is 40.2 Å². The second kappa shape index (κ2) is 6.55. The lowest BCUT2D eigenvalue weighted by molar-refractivity contribution is 0.0938. The molecule has 0 radical (unpaired) electrons. The summed E-state index contributed by atoms with van der Waals surface area (Å²) in [6.07, 6.45) is 0.380. The molecular formula is C15H23NO2. The van der Waals surface area contributed by atoms with E-state index in [4.69, 9.17) is 0 Å². The van der Waals surface area contributed by atoms with Gasteiger partial charge in [-0.15, -0.1) is 0 Å². The second-order valence-electron chi connectivity index (χ2n) is 5.22. The molecule has 0 fully saturated rings. The third kappa shape index (κ3) is 4.49. The molecule has 2 unspecified atom stereocenters. The summed E-state index contributed by atoms with van der Waals surface area (Å²) in [5.41, 5.74) is 2.81. The number of carbonyl (C=O) groups is 1. The summed E-state index contributed by atoms with van der Waals surface area (Å²) in [7, 11) is 0. The molecule has 0 spiro atoms. The number of aliphatic hydroxyl groups excluding tert-OH is 1. The molecule has 2 atom stereocenters. The minimum Gasteiger partial charge on any atom is -0.393 e. The first-order valence-corrected chi connectivity index (χ1v) is 6.43. The van der Waals surface area contributed by atoms with Crippen LogP contribution in [0.3, 0.4) is 0 Å². The molecule has 0 saturated carbocycles. The number of nitrogens with one attached hydrogen (secondary N) is 1. The number of hydrogen-bond donors (Lipinski definition) is 2. The molecule has 0 aliphatic carbocycles. The van der Waals surface area contributed by atoms with Crippen molar-refractivity contribution in [1.29, 1.82) is 0 Å². The lowest BCUT2D eigenvalue weighted by atomic mass is 10.0. The van der Waals surface area contributed by atoms with E-state index in [0.717, 1.165) is 16.7 Å². The molecule has 100 valence electrons. The first-order chi connectivity index (χ1) is 8.40. The highest BCUT2D eigenvalue weighted by Gasteiger charge is 2.11. The fraction of sp³-hybridized carbons (Fsp3) is 0.533. The van der Waals surface area contributed by atoms with Crippen LogP contribution in [0.2, 0.25) is 0 Å². The highest BCUT2D eigenvalue weighted by molar-refractivity contribution is 5.95. The summed E-state index contributed by atoms with van der Waals surface area (Å²) in [5, 5.41) is 12.2. The molecule has 0 saturated heterocycles. The monoisotopic (exact) mass is 249 g/mol. The highest BCUT2D eigenvalue weighted by Crippen LogP contribution is 2.11. The van der Waals surface area contributed by atoms with Crippen LogP contribution in [-0.2, 0) is 0 Å². The van der Waals surface area contributed by atoms with Gasteiger partial charge in [0, 0.05) is 12.1 Å². The van der Waals surface area contributed by atoms with Crippen molar-refractivity contribution >= 4 is 5.91 Å². The summed E-state index contributed by atoms with van der Waals surface area (Å²) in [5.74, 6) is 0.243. The van der Waals surface area contributed by atoms with Gasteiger partial charge in [0.1, 0.15) is 0 Å². The van der Waals surface area contributed by atoms with E-state index in [2.05, 4.69) is 5.32 Å². The van der Waals surface area contributed by atoms with Gasteiger partial charge in [-0.2, -0.15) is 0 Å². The minimum absolute atomic E-state index is 0.0337. The Balaban J connectivity index is 2.58. The Kier molecular flexibility index (Phi) is 5.35. The zero-order valence-electron chi connectivity index (χ0n) is 11.7. The van der Waals surface area contributed by atoms with E-state index in [9.17, 15) is 9.90 Å². The third-order valence-corrected chi connectivity index (χ3v) is 2.99. The molecule has 1 amide bonds. The van der Waals surface area contributed by atoms with Gasteiger partial charge in [0.25, 0.3) is 5.91 Å². The Morgan fingerprint density at radius 2 is 2.00 bits per heavy atom. The van der Waals surface area contributed by atoms with Crippen LogP contribution < -0.4 is 5.32 Å². The average Bonchev–Trinajstić information content (AvgIpc) is 2.28. The Hall–Kier alpha value is -1.35. The zero-order chi connectivity index (χ0) is 13.7. The average molecular weight is 249 g/mol. The van der Waals surface area contributed by atoms with Crippen LogP contribution in [-0.4, -0.2) is 23.7 Å². The van der Waals surface area contributed by atoms with E-state index in [-0.39, 0.29) is 17.9 Å². The van der Waals surface area contributed by atoms with Crippen molar-refractivity contribution in [2.24, 2.45) is 5.92 Å². The maximum atomic E-state index is 12.0. The van der Waals surface area contributed by atoms with Crippen LogP contribution in [0.15, 0.2) is 18.2 Å². The molecule has 0 aromatic heterocycles. The van der Waals surface area contributed by atoms with Gasteiger partial charge in [-0.1, -0.05) is 24.6 Å². The van der Waals surface area contributed by atoms with Gasteiger partial charge in [0.05, 0.1) is 6.10 Å². The minimum atomic E-state index is -0.322. The Labute approximate surface area is 109 Å². The van der Waals surface area contributed by atoms with Crippen LogP contribution in [0.1, 0.15) is 41.8 Å². The molecule has 1 rings (SSSR count). The SMILES string of the molecule is Cc1ccc(C)c(C(=O)NCC(C)CC(C)O)c1. The lowest BCUT2D eigenvalue weighted by Crippen LogP contribution is -2.30. The van der Waals surface area contributed by atoms with E-state index in [0.29, 0.717) is 13.0 Å². The van der Waals surface area contributed by atoms with Gasteiger partial charge in [0.15, 0.2) is 0 Å². The van der Waals surface area contributed by atoms with E-state index in [1.165, 1.54) is 0 Å². The molecule has 1 aromatic rings. The maximum Gasteiger partial charge on any atom is 0.251 e. The third-order valence-electron chi connectivity index (χ3n) is 2.99. The van der Waals surface area contributed by atoms with Crippen LogP contribution in [0.25, 0.3) is 0 Å². The number of aliphatic hydroxyl groups is 1. The smallest absolute Gasteiger partial charge is 0.251 e. The molecule has 1 aromatic carbocycles. The quantitative estimate of drug-likeness (QED) is 0.842. The maximum absolute atomic E-state index is 12.0. The van der Waals surface area contributed by atoms with Crippen molar-refractivity contribution in [3.05, 3.63) is 34.9 Å². The fourth-order valence-corrected chi connectivity index (χ4v) is 2.01. The Morgan fingerprint density at radius 3 is 2.61 bits per heavy atom. The topological polar surface area (TPSA) is 49.3 Å². The van der Waals surface area contributed by atoms with Crippen LogP contribution in [0, 0.1) is 19.8 Å². The lowest BCUT2D eigenvalue weighted by Gasteiger charge is -2.15. The van der Waals surface area contributed by atoms with Gasteiger partial charge in [0.2, 0.25) is 0 Å². The van der Waals surface area contributed by atoms with Crippen molar-refractivity contribution in [1.82, 2.24) is 5.32 Å². The molecule has 0 bridgehead atoms. The number of hydrogen-bond acceptors (Lipinski definition) is 2. The van der Waals surface area contributed by atoms with E-state index in [1.54, 1.807) is 6.92 Å². The number of amides is 1. The number of carbonyl (C=O) groups excluding carboxylic acids is 1.